The maximum absolute atomic E-state index is 12.8. The molecule has 8 heteroatoms. The molecule has 1 unspecified atom stereocenters. The Morgan fingerprint density at radius 1 is 1.03 bits per heavy atom. The van der Waals surface area contributed by atoms with E-state index in [0.29, 0.717) is 33.4 Å². The fourth-order valence-electron chi connectivity index (χ4n) is 3.97. The lowest BCUT2D eigenvalue weighted by molar-refractivity contribution is 0.0668. The molecule has 0 fully saturated rings. The zero-order chi connectivity index (χ0) is 20.8. The van der Waals surface area contributed by atoms with Crippen LogP contribution in [0.4, 0.5) is 5.82 Å². The van der Waals surface area contributed by atoms with Crippen LogP contribution in [-0.2, 0) is 0 Å². The highest BCUT2D eigenvalue weighted by atomic mass is 35.5. The molecular formula is C22H14ClN5O2. The first-order chi connectivity index (χ1) is 14.6. The summed E-state index contributed by atoms with van der Waals surface area (Å²) < 4.78 is 0. The number of benzene rings is 2. The largest absolute Gasteiger partial charge is 0.352 e. The highest BCUT2D eigenvalue weighted by Crippen LogP contribution is 2.44. The predicted octanol–water partition coefficient (Wildman–Crippen LogP) is 4.05. The number of hydrogen-bond acceptors (Lipinski definition) is 4. The van der Waals surface area contributed by atoms with Crippen molar-refractivity contribution in [3.05, 3.63) is 105 Å². The Balaban J connectivity index is 1.60. The van der Waals surface area contributed by atoms with Crippen LogP contribution >= 0.6 is 11.6 Å². The first-order valence-electron chi connectivity index (χ1n) is 9.20. The number of anilines is 1. The van der Waals surface area contributed by atoms with Crippen molar-refractivity contribution < 1.29 is 9.59 Å². The summed E-state index contributed by atoms with van der Waals surface area (Å²) in [6, 6.07) is 14.0. The Hall–Kier alpha value is -3.89. The maximum Gasteiger partial charge on any atom is 0.261 e. The summed E-state index contributed by atoms with van der Waals surface area (Å²) in [6.07, 6.45) is 1.65. The summed E-state index contributed by atoms with van der Waals surface area (Å²) in [5.41, 5.74) is 3.10. The predicted molar refractivity (Wildman–Crippen MR) is 111 cm³/mol. The Bertz CT molecular complexity index is 1250. The third kappa shape index (κ3) is 2.62. The van der Waals surface area contributed by atoms with Gasteiger partial charge in [0.15, 0.2) is 5.70 Å². The lowest BCUT2D eigenvalue weighted by Crippen LogP contribution is -2.35. The van der Waals surface area contributed by atoms with E-state index in [1.54, 1.807) is 36.5 Å². The highest BCUT2D eigenvalue weighted by molar-refractivity contribution is 6.31. The number of nitrogens with zero attached hydrogens (tertiary/aromatic N) is 3. The van der Waals surface area contributed by atoms with Crippen LogP contribution in [-0.4, -0.2) is 33.5 Å². The molecule has 3 aromatic rings. The van der Waals surface area contributed by atoms with E-state index in [9.17, 15) is 9.59 Å². The zero-order valence-corrected chi connectivity index (χ0v) is 16.3. The number of imide groups is 1. The van der Waals surface area contributed by atoms with Gasteiger partial charge in [0.2, 0.25) is 0 Å². The number of aromatic amines is 1. The molecule has 2 aliphatic rings. The summed E-state index contributed by atoms with van der Waals surface area (Å²) in [4.78, 5) is 30.5. The van der Waals surface area contributed by atoms with Crippen molar-refractivity contribution in [3.8, 4) is 0 Å². The van der Waals surface area contributed by atoms with E-state index in [2.05, 4.69) is 20.4 Å². The van der Waals surface area contributed by atoms with Crippen molar-refractivity contribution in [1.82, 2.24) is 15.1 Å². The van der Waals surface area contributed by atoms with E-state index >= 15 is 0 Å². The number of nitrogens with one attached hydrogen (secondary N) is 2. The normalized spacial score (nSPS) is 17.5. The molecule has 1 aromatic heterocycles. The summed E-state index contributed by atoms with van der Waals surface area (Å²) in [5.74, 6) is -0.604. The summed E-state index contributed by atoms with van der Waals surface area (Å²) >= 11 is 6.44. The molecular weight excluding hydrogens is 402 g/mol. The number of halogens is 1. The average Bonchev–Trinajstić information content (AvgIpc) is 3.32. The fourth-order valence-corrected chi connectivity index (χ4v) is 4.21. The quantitative estimate of drug-likeness (QED) is 0.499. The van der Waals surface area contributed by atoms with Crippen molar-refractivity contribution in [3.63, 3.8) is 0 Å². The molecule has 2 N–H and O–H groups in total. The molecule has 146 valence electrons. The molecule has 5 rings (SSSR count). The number of amides is 2. The molecule has 2 aliphatic heterocycles. The topological polar surface area (TPSA) is 82.5 Å². The Morgan fingerprint density at radius 2 is 1.70 bits per heavy atom. The molecule has 0 saturated carbocycles. The third-order valence-electron chi connectivity index (χ3n) is 5.37. The van der Waals surface area contributed by atoms with Crippen molar-refractivity contribution >= 4 is 29.2 Å². The van der Waals surface area contributed by atoms with Crippen molar-refractivity contribution in [1.29, 1.82) is 0 Å². The second-order valence-electron chi connectivity index (χ2n) is 7.00. The second kappa shape index (κ2) is 6.87. The average molecular weight is 416 g/mol. The van der Waals surface area contributed by atoms with Crippen LogP contribution in [0.5, 0.6) is 0 Å². The van der Waals surface area contributed by atoms with Gasteiger partial charge in [-0.3, -0.25) is 19.6 Å². The lowest BCUT2D eigenvalue weighted by Gasteiger charge is -2.28. The van der Waals surface area contributed by atoms with E-state index in [0.717, 1.165) is 16.0 Å². The van der Waals surface area contributed by atoms with E-state index in [1.165, 1.54) is 0 Å². The highest BCUT2D eigenvalue weighted by Gasteiger charge is 2.39. The summed E-state index contributed by atoms with van der Waals surface area (Å²) in [7, 11) is 0. The monoisotopic (exact) mass is 415 g/mol. The number of carbonyl (C=O) groups excluding carboxylic acids is 2. The van der Waals surface area contributed by atoms with E-state index < -0.39 is 5.92 Å². The molecule has 0 aliphatic carbocycles. The minimum atomic E-state index is -0.462. The van der Waals surface area contributed by atoms with Gasteiger partial charge in [-0.1, -0.05) is 41.9 Å². The number of fused-ring (bicyclic) bond motifs is 2. The van der Waals surface area contributed by atoms with Gasteiger partial charge in [-0.05, 0) is 23.8 Å². The zero-order valence-electron chi connectivity index (χ0n) is 15.5. The molecule has 0 saturated heterocycles. The van der Waals surface area contributed by atoms with Gasteiger partial charge in [0.25, 0.3) is 11.8 Å². The first kappa shape index (κ1) is 18.2. The van der Waals surface area contributed by atoms with Crippen LogP contribution in [0.2, 0.25) is 5.02 Å². The molecule has 30 heavy (non-hydrogen) atoms. The molecule has 3 heterocycles. The van der Waals surface area contributed by atoms with Crippen molar-refractivity contribution in [2.75, 3.05) is 11.9 Å². The smallest absolute Gasteiger partial charge is 0.261 e. The minimum absolute atomic E-state index is 0.0521. The molecule has 1 atom stereocenters. The summed E-state index contributed by atoms with van der Waals surface area (Å²) in [6.45, 7) is 7.79. The first-order valence-corrected chi connectivity index (χ1v) is 9.58. The Kier molecular flexibility index (Phi) is 4.16. The van der Waals surface area contributed by atoms with Gasteiger partial charge in [-0.15, -0.1) is 0 Å². The molecule has 2 amide bonds. The van der Waals surface area contributed by atoms with Crippen molar-refractivity contribution in [2.45, 2.75) is 5.92 Å². The standard InChI is InChI=1S/C22H14ClN5O2/c1-24-19-17(11-28-21(29)12-6-2-3-7-13(12)22(28)30)26-20-15(10-25-27-20)18(19)14-8-4-5-9-16(14)23/h2-10,18H,11H2,(H2,25,26,27). The third-order valence-corrected chi connectivity index (χ3v) is 5.71. The van der Waals surface area contributed by atoms with E-state index in [4.69, 9.17) is 18.2 Å². The molecule has 0 radical (unpaired) electrons. The van der Waals surface area contributed by atoms with Crippen LogP contribution in [0.3, 0.4) is 0 Å². The maximum atomic E-state index is 12.8. The Labute approximate surface area is 176 Å². The SMILES string of the molecule is [C-]#[N+]C1=C(CN2C(=O)c3ccccc3C2=O)Nc2[nH]ncc2C1c1ccccc1Cl. The van der Waals surface area contributed by atoms with E-state index in [1.807, 2.05) is 18.2 Å². The second-order valence-corrected chi connectivity index (χ2v) is 7.40. The number of hydrogen-bond donors (Lipinski definition) is 2. The van der Waals surface area contributed by atoms with Gasteiger partial charge in [0, 0.05) is 16.3 Å². The number of carbonyl (C=O) groups is 2. The van der Waals surface area contributed by atoms with Crippen LogP contribution < -0.4 is 5.32 Å². The van der Waals surface area contributed by atoms with Crippen LogP contribution in [0.1, 0.15) is 37.8 Å². The summed E-state index contributed by atoms with van der Waals surface area (Å²) in [5, 5.41) is 10.7. The number of aromatic nitrogens is 2. The van der Waals surface area contributed by atoms with Gasteiger partial charge in [0.05, 0.1) is 36.4 Å². The lowest BCUT2D eigenvalue weighted by atomic mass is 9.86. The van der Waals surface area contributed by atoms with Crippen molar-refractivity contribution in [2.24, 2.45) is 0 Å². The molecule has 0 bridgehead atoms. The fraction of sp³-hybridized carbons (Fsp3) is 0.0909. The molecule has 7 nitrogen and oxygen atoms in total. The van der Waals surface area contributed by atoms with Gasteiger partial charge in [0.1, 0.15) is 5.82 Å². The van der Waals surface area contributed by atoms with Gasteiger partial charge < -0.3 is 5.32 Å². The van der Waals surface area contributed by atoms with Gasteiger partial charge in [-0.2, -0.15) is 5.10 Å². The number of allylic oxidation sites excluding steroid dienone is 1. The number of rotatable bonds is 3. The Morgan fingerprint density at radius 3 is 2.37 bits per heavy atom. The molecule has 0 spiro atoms. The van der Waals surface area contributed by atoms with Gasteiger partial charge in [-0.25, -0.2) is 4.85 Å². The number of H-pyrrole nitrogens is 1. The minimum Gasteiger partial charge on any atom is -0.352 e. The molecule has 2 aromatic carbocycles. The van der Waals surface area contributed by atoms with E-state index in [-0.39, 0.29) is 18.4 Å². The van der Waals surface area contributed by atoms with Gasteiger partial charge >= 0.3 is 0 Å². The van der Waals surface area contributed by atoms with Crippen LogP contribution in [0.25, 0.3) is 4.85 Å². The van der Waals surface area contributed by atoms with Crippen LogP contribution in [0.15, 0.2) is 66.1 Å². The van der Waals surface area contributed by atoms with Crippen LogP contribution in [0, 0.1) is 6.57 Å².